The van der Waals surface area contributed by atoms with E-state index in [4.69, 9.17) is 8.85 Å². The summed E-state index contributed by atoms with van der Waals surface area (Å²) < 4.78 is 11.8. The van der Waals surface area contributed by atoms with Crippen LogP contribution in [0.4, 0.5) is 0 Å². The molecular weight excluding hydrogens is 228 g/mol. The molecule has 0 aliphatic heterocycles. The van der Waals surface area contributed by atoms with Crippen molar-refractivity contribution in [2.24, 2.45) is 0 Å². The Kier molecular flexibility index (Phi) is 13.8. The maximum atomic E-state index is 5.90. The fourth-order valence-corrected chi connectivity index (χ4v) is 3.40. The molecule has 2 nitrogen and oxygen atoms in total. The van der Waals surface area contributed by atoms with Gasteiger partial charge in [-0.3, -0.25) is 0 Å². The molecule has 3 heteroatoms. The highest BCUT2D eigenvalue weighted by Crippen LogP contribution is 2.06. The molecule has 0 amide bonds. The van der Waals surface area contributed by atoms with Crippen molar-refractivity contribution in [3.05, 3.63) is 12.7 Å². The fourth-order valence-electron chi connectivity index (χ4n) is 1.60. The van der Waals surface area contributed by atoms with E-state index >= 15 is 0 Å². The molecule has 0 rings (SSSR count). The van der Waals surface area contributed by atoms with Crippen molar-refractivity contribution < 1.29 is 8.85 Å². The van der Waals surface area contributed by atoms with Gasteiger partial charge in [0, 0.05) is 13.2 Å². The summed E-state index contributed by atoms with van der Waals surface area (Å²) in [7, 11) is -1.41. The zero-order chi connectivity index (χ0) is 12.8. The molecule has 0 aliphatic rings. The molecule has 0 unspecified atom stereocenters. The number of allylic oxidation sites excluding steroid dienone is 1. The van der Waals surface area contributed by atoms with Crippen molar-refractivity contribution in [1.82, 2.24) is 0 Å². The zero-order valence-corrected chi connectivity index (χ0v) is 12.9. The Balaban J connectivity index is 3.59. The second kappa shape index (κ2) is 13.9. The topological polar surface area (TPSA) is 18.5 Å². The third-order valence-electron chi connectivity index (χ3n) is 2.71. The lowest BCUT2D eigenvalue weighted by Gasteiger charge is -2.16. The average Bonchev–Trinajstić information content (AvgIpc) is 2.35. The molecule has 0 spiro atoms. The van der Waals surface area contributed by atoms with Crippen LogP contribution in [0.1, 0.15) is 58.8 Å². The van der Waals surface area contributed by atoms with E-state index in [9.17, 15) is 0 Å². The van der Waals surface area contributed by atoms with Gasteiger partial charge in [-0.15, -0.1) is 6.58 Å². The lowest BCUT2D eigenvalue weighted by molar-refractivity contribution is 0.190. The normalized spacial score (nSPS) is 11.0. The number of hydrogen-bond acceptors (Lipinski definition) is 2. The second-order valence-corrected chi connectivity index (χ2v) is 6.55. The van der Waals surface area contributed by atoms with Crippen LogP contribution >= 0.6 is 0 Å². The average molecular weight is 258 g/mol. The van der Waals surface area contributed by atoms with Crippen LogP contribution in [0.25, 0.3) is 0 Å². The van der Waals surface area contributed by atoms with Gasteiger partial charge >= 0.3 is 9.28 Å². The van der Waals surface area contributed by atoms with E-state index in [2.05, 4.69) is 20.4 Å². The Bertz CT molecular complexity index is 150. The SMILES string of the molecule is C=CCC[SiH](OCCCCC)OCCCCC. The molecule has 0 radical (unpaired) electrons. The predicted molar refractivity (Wildman–Crippen MR) is 77.7 cm³/mol. The minimum Gasteiger partial charge on any atom is -0.397 e. The van der Waals surface area contributed by atoms with Gasteiger partial charge in [0.2, 0.25) is 0 Å². The Hall–Kier alpha value is -0.123. The lowest BCUT2D eigenvalue weighted by atomic mass is 10.3. The first kappa shape index (κ1) is 16.9. The highest BCUT2D eigenvalue weighted by molar-refractivity contribution is 6.44. The van der Waals surface area contributed by atoms with Gasteiger partial charge in [0.05, 0.1) is 0 Å². The Morgan fingerprint density at radius 1 is 0.941 bits per heavy atom. The van der Waals surface area contributed by atoms with E-state index in [0.29, 0.717) is 0 Å². The Morgan fingerprint density at radius 2 is 1.47 bits per heavy atom. The highest BCUT2D eigenvalue weighted by Gasteiger charge is 2.11. The summed E-state index contributed by atoms with van der Waals surface area (Å²) in [5.74, 6) is 0. The number of rotatable bonds is 13. The van der Waals surface area contributed by atoms with Crippen molar-refractivity contribution in [3.8, 4) is 0 Å². The summed E-state index contributed by atoms with van der Waals surface area (Å²) in [4.78, 5) is 0. The van der Waals surface area contributed by atoms with Gasteiger partial charge in [-0.1, -0.05) is 45.6 Å². The van der Waals surface area contributed by atoms with E-state index in [1.165, 1.54) is 38.5 Å². The molecule has 0 saturated carbocycles. The molecule has 0 aliphatic carbocycles. The first-order valence-corrected chi connectivity index (χ1v) is 8.95. The summed E-state index contributed by atoms with van der Waals surface area (Å²) in [6.07, 6.45) is 10.4. The Morgan fingerprint density at radius 3 is 1.88 bits per heavy atom. The number of hydrogen-bond donors (Lipinski definition) is 0. The smallest absolute Gasteiger partial charge is 0.321 e. The summed E-state index contributed by atoms with van der Waals surface area (Å²) in [5.41, 5.74) is 0. The molecule has 17 heavy (non-hydrogen) atoms. The maximum absolute atomic E-state index is 5.90. The van der Waals surface area contributed by atoms with E-state index in [0.717, 1.165) is 25.7 Å². The van der Waals surface area contributed by atoms with Crippen molar-refractivity contribution in [3.63, 3.8) is 0 Å². The van der Waals surface area contributed by atoms with Crippen LogP contribution in [-0.4, -0.2) is 22.5 Å². The van der Waals surface area contributed by atoms with Gasteiger partial charge in [0.1, 0.15) is 0 Å². The van der Waals surface area contributed by atoms with Crippen LogP contribution < -0.4 is 0 Å². The van der Waals surface area contributed by atoms with E-state index < -0.39 is 9.28 Å². The summed E-state index contributed by atoms with van der Waals surface area (Å²) >= 11 is 0. The maximum Gasteiger partial charge on any atom is 0.321 e. The third-order valence-corrected chi connectivity index (χ3v) is 4.73. The molecule has 0 atom stereocenters. The third kappa shape index (κ3) is 12.1. The van der Waals surface area contributed by atoms with Crippen LogP contribution in [0.5, 0.6) is 0 Å². The van der Waals surface area contributed by atoms with E-state index in [-0.39, 0.29) is 0 Å². The Labute approximate surface area is 109 Å². The van der Waals surface area contributed by atoms with Crippen LogP contribution in [0, 0.1) is 0 Å². The molecule has 0 bridgehead atoms. The van der Waals surface area contributed by atoms with Crippen LogP contribution in [0.15, 0.2) is 12.7 Å². The van der Waals surface area contributed by atoms with Crippen molar-refractivity contribution in [2.75, 3.05) is 13.2 Å². The predicted octanol–water partition coefficient (Wildman–Crippen LogP) is 4.20. The van der Waals surface area contributed by atoms with E-state index in [1.807, 2.05) is 6.08 Å². The van der Waals surface area contributed by atoms with E-state index in [1.54, 1.807) is 0 Å². The molecule has 0 N–H and O–H groups in total. The molecule has 0 saturated heterocycles. The van der Waals surface area contributed by atoms with Gasteiger partial charge in [-0.2, -0.15) is 0 Å². The quantitative estimate of drug-likeness (QED) is 0.280. The van der Waals surface area contributed by atoms with Gasteiger partial charge in [-0.05, 0) is 25.3 Å². The van der Waals surface area contributed by atoms with Crippen LogP contribution in [0.3, 0.4) is 0 Å². The molecule has 0 fully saturated rings. The summed E-state index contributed by atoms with van der Waals surface area (Å²) in [6.45, 7) is 9.96. The first-order valence-electron chi connectivity index (χ1n) is 7.19. The summed E-state index contributed by atoms with van der Waals surface area (Å²) in [5, 5.41) is 0. The molecule has 0 heterocycles. The monoisotopic (exact) mass is 258 g/mol. The van der Waals surface area contributed by atoms with Crippen molar-refractivity contribution in [2.45, 2.75) is 64.8 Å². The fraction of sp³-hybridized carbons (Fsp3) is 0.857. The largest absolute Gasteiger partial charge is 0.397 e. The van der Waals surface area contributed by atoms with Crippen LogP contribution in [0.2, 0.25) is 6.04 Å². The lowest BCUT2D eigenvalue weighted by Crippen LogP contribution is -2.23. The molecular formula is C14H30O2Si. The van der Waals surface area contributed by atoms with Gasteiger partial charge in [0.25, 0.3) is 0 Å². The zero-order valence-electron chi connectivity index (χ0n) is 11.7. The molecule has 0 aromatic rings. The number of unbranched alkanes of at least 4 members (excludes halogenated alkanes) is 4. The van der Waals surface area contributed by atoms with Crippen molar-refractivity contribution >= 4 is 9.28 Å². The van der Waals surface area contributed by atoms with Gasteiger partial charge < -0.3 is 8.85 Å². The van der Waals surface area contributed by atoms with Gasteiger partial charge in [-0.25, -0.2) is 0 Å². The minimum atomic E-state index is -1.41. The molecule has 0 aromatic carbocycles. The highest BCUT2D eigenvalue weighted by atomic mass is 28.3. The second-order valence-electron chi connectivity index (χ2n) is 4.45. The van der Waals surface area contributed by atoms with Crippen LogP contribution in [-0.2, 0) is 8.85 Å². The molecule has 102 valence electrons. The summed E-state index contributed by atoms with van der Waals surface area (Å²) in [6, 6.07) is 1.07. The van der Waals surface area contributed by atoms with Gasteiger partial charge in [0.15, 0.2) is 0 Å². The van der Waals surface area contributed by atoms with Crippen molar-refractivity contribution in [1.29, 1.82) is 0 Å². The standard InChI is InChI=1S/C14H30O2Si/c1-4-7-10-12-15-17(14-9-6-3)16-13-11-8-5-2/h6,17H,3-5,7-14H2,1-2H3. The minimum absolute atomic E-state index is 0.885. The molecule has 0 aromatic heterocycles. The first-order chi connectivity index (χ1) is 8.35.